The second-order valence-corrected chi connectivity index (χ2v) is 7.25. The first kappa shape index (κ1) is 17.5. The number of carbonyl (C=O) groups is 1. The summed E-state index contributed by atoms with van der Waals surface area (Å²) >= 11 is 0. The van der Waals surface area contributed by atoms with Gasteiger partial charge in [-0.25, -0.2) is 4.98 Å². The smallest absolute Gasteiger partial charge is 0.219 e. The Morgan fingerprint density at radius 1 is 1.11 bits per heavy atom. The van der Waals surface area contributed by atoms with Gasteiger partial charge < -0.3 is 9.47 Å². The SMILES string of the molecule is CC(=O)N1CCC(Cn2ccnc2-c2ccc(Cn3cccn3)cc2)CC1. The van der Waals surface area contributed by atoms with Crippen LogP contribution < -0.4 is 0 Å². The third kappa shape index (κ3) is 4.10. The van der Waals surface area contributed by atoms with Gasteiger partial charge in [-0.2, -0.15) is 5.10 Å². The molecule has 6 nitrogen and oxygen atoms in total. The molecule has 140 valence electrons. The highest BCUT2D eigenvalue weighted by Gasteiger charge is 2.21. The molecule has 0 spiro atoms. The van der Waals surface area contributed by atoms with E-state index in [0.717, 1.165) is 50.4 Å². The van der Waals surface area contributed by atoms with Gasteiger partial charge in [0.25, 0.3) is 0 Å². The van der Waals surface area contributed by atoms with E-state index in [9.17, 15) is 4.79 Å². The summed E-state index contributed by atoms with van der Waals surface area (Å²) in [5, 5.41) is 4.25. The predicted octanol–water partition coefficient (Wildman–Crippen LogP) is 3.05. The summed E-state index contributed by atoms with van der Waals surface area (Å²) in [7, 11) is 0. The minimum Gasteiger partial charge on any atom is -0.343 e. The Morgan fingerprint density at radius 2 is 1.89 bits per heavy atom. The van der Waals surface area contributed by atoms with E-state index < -0.39 is 0 Å². The lowest BCUT2D eigenvalue weighted by Crippen LogP contribution is -2.37. The summed E-state index contributed by atoms with van der Waals surface area (Å²) in [5.74, 6) is 1.79. The van der Waals surface area contributed by atoms with Gasteiger partial charge in [0.2, 0.25) is 5.91 Å². The fourth-order valence-electron chi connectivity index (χ4n) is 3.77. The van der Waals surface area contributed by atoms with Gasteiger partial charge >= 0.3 is 0 Å². The number of amides is 1. The molecule has 4 rings (SSSR count). The Bertz CT molecular complexity index is 874. The lowest BCUT2D eigenvalue weighted by atomic mass is 9.96. The van der Waals surface area contributed by atoms with Crippen LogP contribution in [0.2, 0.25) is 0 Å². The first-order valence-electron chi connectivity index (χ1n) is 9.52. The molecule has 1 aliphatic rings. The zero-order valence-corrected chi connectivity index (χ0v) is 15.7. The summed E-state index contributed by atoms with van der Waals surface area (Å²) in [4.78, 5) is 18.0. The molecule has 1 amide bonds. The van der Waals surface area contributed by atoms with Crippen molar-refractivity contribution >= 4 is 5.91 Å². The molecule has 0 radical (unpaired) electrons. The van der Waals surface area contributed by atoms with E-state index in [-0.39, 0.29) is 5.91 Å². The van der Waals surface area contributed by atoms with Crippen LogP contribution in [0.3, 0.4) is 0 Å². The maximum atomic E-state index is 11.5. The number of piperidine rings is 1. The Kier molecular flexibility index (Phi) is 5.05. The number of imidazole rings is 1. The van der Waals surface area contributed by atoms with Gasteiger partial charge in [0.05, 0.1) is 6.54 Å². The van der Waals surface area contributed by atoms with E-state index in [2.05, 4.69) is 45.1 Å². The van der Waals surface area contributed by atoms with Crippen molar-refractivity contribution in [2.45, 2.75) is 32.9 Å². The molecule has 0 aliphatic carbocycles. The minimum atomic E-state index is 0.187. The largest absolute Gasteiger partial charge is 0.343 e. The monoisotopic (exact) mass is 363 g/mol. The van der Waals surface area contributed by atoms with Crippen LogP contribution in [0.25, 0.3) is 11.4 Å². The van der Waals surface area contributed by atoms with Crippen LogP contribution in [-0.2, 0) is 17.9 Å². The van der Waals surface area contributed by atoms with Crippen LogP contribution in [0.4, 0.5) is 0 Å². The van der Waals surface area contributed by atoms with Crippen LogP contribution in [-0.4, -0.2) is 43.2 Å². The van der Waals surface area contributed by atoms with Crippen LogP contribution >= 0.6 is 0 Å². The zero-order chi connectivity index (χ0) is 18.6. The molecular weight excluding hydrogens is 338 g/mol. The maximum Gasteiger partial charge on any atom is 0.219 e. The molecule has 27 heavy (non-hydrogen) atoms. The Hall–Kier alpha value is -2.89. The minimum absolute atomic E-state index is 0.187. The number of carbonyl (C=O) groups excluding carboxylic acids is 1. The fourth-order valence-corrected chi connectivity index (χ4v) is 3.77. The van der Waals surface area contributed by atoms with Gasteiger partial charge in [0.1, 0.15) is 5.82 Å². The molecule has 3 heterocycles. The van der Waals surface area contributed by atoms with Gasteiger partial charge in [0, 0.05) is 56.9 Å². The van der Waals surface area contributed by atoms with Crippen LogP contribution in [0.15, 0.2) is 55.1 Å². The lowest BCUT2D eigenvalue weighted by Gasteiger charge is -2.31. The molecule has 2 aromatic heterocycles. The van der Waals surface area contributed by atoms with Gasteiger partial charge in [-0.05, 0) is 30.4 Å². The molecule has 0 saturated carbocycles. The lowest BCUT2D eigenvalue weighted by molar-refractivity contribution is -0.130. The Balaban J connectivity index is 1.42. The molecule has 0 unspecified atom stereocenters. The first-order valence-corrected chi connectivity index (χ1v) is 9.52. The number of likely N-dealkylation sites (tertiary alicyclic amines) is 1. The van der Waals surface area contributed by atoms with E-state index in [1.54, 1.807) is 13.1 Å². The standard InChI is InChI=1S/C21H25N5O/c1-17(27)24-12-7-19(8-13-24)15-25-14-10-22-21(25)20-5-3-18(4-6-20)16-26-11-2-9-23-26/h2-6,9-11,14,19H,7-8,12-13,15-16H2,1H3. The third-order valence-electron chi connectivity index (χ3n) is 5.35. The molecule has 1 saturated heterocycles. The number of hydrogen-bond donors (Lipinski definition) is 0. The molecule has 1 fully saturated rings. The second-order valence-electron chi connectivity index (χ2n) is 7.25. The van der Waals surface area contributed by atoms with E-state index >= 15 is 0 Å². The molecule has 1 aliphatic heterocycles. The average Bonchev–Trinajstić information content (AvgIpc) is 3.35. The third-order valence-corrected chi connectivity index (χ3v) is 5.35. The number of rotatable bonds is 5. The van der Waals surface area contributed by atoms with Crippen molar-refractivity contribution < 1.29 is 4.79 Å². The van der Waals surface area contributed by atoms with E-state index in [1.165, 1.54) is 5.56 Å². The fraction of sp³-hybridized carbons (Fsp3) is 0.381. The van der Waals surface area contributed by atoms with E-state index in [0.29, 0.717) is 5.92 Å². The van der Waals surface area contributed by atoms with Crippen LogP contribution in [0.1, 0.15) is 25.3 Å². The summed E-state index contributed by atoms with van der Waals surface area (Å²) in [5.41, 5.74) is 2.35. The summed E-state index contributed by atoms with van der Waals surface area (Å²) < 4.78 is 4.17. The highest BCUT2D eigenvalue weighted by molar-refractivity contribution is 5.73. The number of benzene rings is 1. The Labute approximate surface area is 159 Å². The molecule has 0 bridgehead atoms. The van der Waals surface area contributed by atoms with Gasteiger partial charge in [-0.15, -0.1) is 0 Å². The summed E-state index contributed by atoms with van der Waals surface area (Å²) in [6.45, 7) is 5.12. The zero-order valence-electron chi connectivity index (χ0n) is 15.7. The number of nitrogens with zero attached hydrogens (tertiary/aromatic N) is 5. The van der Waals surface area contributed by atoms with Crippen molar-refractivity contribution in [1.82, 2.24) is 24.2 Å². The molecule has 3 aromatic rings. The van der Waals surface area contributed by atoms with Gasteiger partial charge in [-0.3, -0.25) is 9.48 Å². The van der Waals surface area contributed by atoms with Crippen LogP contribution in [0.5, 0.6) is 0 Å². The molecule has 0 atom stereocenters. The topological polar surface area (TPSA) is 56.0 Å². The maximum absolute atomic E-state index is 11.5. The van der Waals surface area contributed by atoms with Crippen molar-refractivity contribution in [1.29, 1.82) is 0 Å². The molecule has 0 N–H and O–H groups in total. The first-order chi connectivity index (χ1) is 13.2. The highest BCUT2D eigenvalue weighted by Crippen LogP contribution is 2.24. The summed E-state index contributed by atoms with van der Waals surface area (Å²) in [6, 6.07) is 10.5. The van der Waals surface area contributed by atoms with E-state index in [4.69, 9.17) is 0 Å². The quantitative estimate of drug-likeness (QED) is 0.700. The molecule has 1 aromatic carbocycles. The van der Waals surface area contributed by atoms with Crippen molar-refractivity contribution in [3.8, 4) is 11.4 Å². The predicted molar refractivity (Wildman–Crippen MR) is 104 cm³/mol. The highest BCUT2D eigenvalue weighted by atomic mass is 16.2. The van der Waals surface area contributed by atoms with Gasteiger partial charge in [0.15, 0.2) is 0 Å². The normalized spacial score (nSPS) is 15.2. The number of hydrogen-bond acceptors (Lipinski definition) is 3. The van der Waals surface area contributed by atoms with Crippen molar-refractivity contribution in [3.05, 3.63) is 60.7 Å². The van der Waals surface area contributed by atoms with Gasteiger partial charge in [-0.1, -0.05) is 24.3 Å². The van der Waals surface area contributed by atoms with E-state index in [1.807, 2.05) is 28.0 Å². The second kappa shape index (κ2) is 7.78. The summed E-state index contributed by atoms with van der Waals surface area (Å²) in [6.07, 6.45) is 9.81. The number of aromatic nitrogens is 4. The van der Waals surface area contributed by atoms with Crippen molar-refractivity contribution in [3.63, 3.8) is 0 Å². The Morgan fingerprint density at radius 3 is 2.56 bits per heavy atom. The molecule has 6 heteroatoms. The van der Waals surface area contributed by atoms with Crippen molar-refractivity contribution in [2.24, 2.45) is 5.92 Å². The molecular formula is C21H25N5O. The van der Waals surface area contributed by atoms with Crippen LogP contribution in [0, 0.1) is 5.92 Å². The van der Waals surface area contributed by atoms with Crippen molar-refractivity contribution in [2.75, 3.05) is 13.1 Å². The average molecular weight is 363 g/mol.